The Morgan fingerprint density at radius 2 is 1.77 bits per heavy atom. The molecule has 0 aromatic carbocycles. The Hall–Kier alpha value is -1.15. The van der Waals surface area contributed by atoms with Crippen molar-refractivity contribution in [2.45, 2.75) is 12.1 Å². The van der Waals surface area contributed by atoms with Gasteiger partial charge in [-0.1, -0.05) is 4.48 Å². The number of nitrogens with one attached hydrogen (secondary N) is 1. The smallest absolute Gasteiger partial charge is 0.286 e. The van der Waals surface area contributed by atoms with E-state index in [1.54, 1.807) is 5.43 Å². The number of rotatable bonds is 1. The van der Waals surface area contributed by atoms with Crippen LogP contribution in [-0.4, -0.2) is 29.7 Å². The average Bonchev–Trinajstić information content (AvgIpc) is 2.32. The first-order valence-electron chi connectivity index (χ1n) is 2.95. The highest BCUT2D eigenvalue weighted by Gasteiger charge is 2.64. The highest BCUT2D eigenvalue weighted by molar-refractivity contribution is 5.89. The van der Waals surface area contributed by atoms with E-state index in [2.05, 4.69) is 5.10 Å². The van der Waals surface area contributed by atoms with Gasteiger partial charge in [-0.15, -0.1) is 0 Å². The van der Waals surface area contributed by atoms with E-state index >= 15 is 0 Å². The Kier molecular flexibility index (Phi) is 2.04. The lowest BCUT2D eigenvalue weighted by atomic mass is 10.3. The molecule has 1 rings (SSSR count). The number of nitrogens with zero attached hydrogens (tertiary/aromatic N) is 2. The van der Waals surface area contributed by atoms with Gasteiger partial charge in [0.05, 0.1) is 0 Å². The molecule has 0 atom stereocenters. The molecule has 76 valence electrons. The van der Waals surface area contributed by atoms with Crippen LogP contribution < -0.4 is 5.43 Å². The number of hydrazone groups is 1. The van der Waals surface area contributed by atoms with E-state index in [4.69, 9.17) is 0 Å². The second-order valence-electron chi connectivity index (χ2n) is 2.19. The number of amidine groups is 1. The van der Waals surface area contributed by atoms with Gasteiger partial charge in [0.25, 0.3) is 0 Å². The van der Waals surface area contributed by atoms with E-state index in [1.165, 1.54) is 0 Å². The van der Waals surface area contributed by atoms with Crippen molar-refractivity contribution in [3.8, 4) is 0 Å². The third-order valence-corrected chi connectivity index (χ3v) is 1.26. The standard InChI is InChI=1S/C4H3F6N3/c5-3(6,4(7,8)9)2-12-11-1-13(2)10/h11H,1H2. The molecule has 0 spiro atoms. The predicted molar refractivity (Wildman–Crippen MR) is 29.4 cm³/mol. The van der Waals surface area contributed by atoms with Gasteiger partial charge in [0.2, 0.25) is 5.84 Å². The van der Waals surface area contributed by atoms with E-state index in [9.17, 15) is 26.4 Å². The molecule has 0 aromatic heterocycles. The molecule has 0 fully saturated rings. The Morgan fingerprint density at radius 1 is 1.23 bits per heavy atom. The molecule has 0 unspecified atom stereocenters. The third kappa shape index (κ3) is 1.49. The minimum absolute atomic E-state index is 0.798. The first-order chi connectivity index (χ1) is 5.77. The SMILES string of the molecule is FN1CNN=C1C(F)(F)C(F)(F)F. The van der Waals surface area contributed by atoms with E-state index in [0.717, 1.165) is 0 Å². The molecule has 0 saturated carbocycles. The molecule has 0 bridgehead atoms. The fraction of sp³-hybridized carbons (Fsp3) is 0.750. The number of hydrogen-bond donors (Lipinski definition) is 1. The average molecular weight is 207 g/mol. The van der Waals surface area contributed by atoms with Crippen LogP contribution in [0, 0.1) is 0 Å². The lowest BCUT2D eigenvalue weighted by Crippen LogP contribution is -2.48. The van der Waals surface area contributed by atoms with Gasteiger partial charge in [0.15, 0.2) is 0 Å². The van der Waals surface area contributed by atoms with Crippen molar-refractivity contribution in [2.75, 3.05) is 6.67 Å². The molecule has 3 nitrogen and oxygen atoms in total. The van der Waals surface area contributed by atoms with E-state index in [0.29, 0.717) is 0 Å². The maximum Gasteiger partial charge on any atom is 0.461 e. The van der Waals surface area contributed by atoms with E-state index in [-0.39, 0.29) is 0 Å². The first kappa shape index (κ1) is 9.93. The Labute approximate surface area is 67.9 Å². The van der Waals surface area contributed by atoms with Gasteiger partial charge in [-0.2, -0.15) is 32.2 Å². The molecule has 0 amide bonds. The molecule has 9 heteroatoms. The zero-order valence-corrected chi connectivity index (χ0v) is 5.87. The molecule has 0 radical (unpaired) electrons. The van der Waals surface area contributed by atoms with Crippen molar-refractivity contribution in [3.05, 3.63) is 0 Å². The van der Waals surface area contributed by atoms with Crippen LogP contribution in [0.1, 0.15) is 0 Å². The fourth-order valence-electron chi connectivity index (χ4n) is 0.651. The maximum absolute atomic E-state index is 12.3. The maximum atomic E-state index is 12.3. The van der Waals surface area contributed by atoms with Crippen LogP contribution in [-0.2, 0) is 0 Å². The highest BCUT2D eigenvalue weighted by atomic mass is 19.4. The lowest BCUT2D eigenvalue weighted by Gasteiger charge is -2.20. The van der Waals surface area contributed by atoms with Crippen LogP contribution in [0.2, 0.25) is 0 Å². The van der Waals surface area contributed by atoms with E-state index in [1.807, 2.05) is 0 Å². The van der Waals surface area contributed by atoms with Gasteiger partial charge in [-0.05, 0) is 0 Å². The van der Waals surface area contributed by atoms with Gasteiger partial charge >= 0.3 is 12.1 Å². The summed E-state index contributed by atoms with van der Waals surface area (Å²) in [6.45, 7) is -0.818. The van der Waals surface area contributed by atoms with Crippen LogP contribution in [0.25, 0.3) is 0 Å². The highest BCUT2D eigenvalue weighted by Crippen LogP contribution is 2.38. The largest absolute Gasteiger partial charge is 0.461 e. The summed E-state index contributed by atoms with van der Waals surface area (Å²) in [6.07, 6.45) is -5.85. The number of halogens is 6. The molecule has 1 N–H and O–H groups in total. The molecule has 1 aliphatic heterocycles. The second kappa shape index (κ2) is 2.67. The Bertz CT molecular complexity index is 233. The van der Waals surface area contributed by atoms with Crippen LogP contribution in [0.15, 0.2) is 5.10 Å². The van der Waals surface area contributed by atoms with E-state index < -0.39 is 29.7 Å². The summed E-state index contributed by atoms with van der Waals surface area (Å²) in [6, 6.07) is 0. The fourth-order valence-corrected chi connectivity index (χ4v) is 0.651. The minimum atomic E-state index is -5.85. The van der Waals surface area contributed by atoms with Crippen molar-refractivity contribution < 1.29 is 26.4 Å². The molecule has 0 saturated heterocycles. The summed E-state index contributed by atoms with van der Waals surface area (Å²) < 4.78 is 71.7. The van der Waals surface area contributed by atoms with Gasteiger partial charge in [-0.25, -0.2) is 0 Å². The van der Waals surface area contributed by atoms with Gasteiger partial charge in [0, 0.05) is 0 Å². The van der Waals surface area contributed by atoms with Gasteiger partial charge in [-0.3, -0.25) is 5.43 Å². The van der Waals surface area contributed by atoms with Gasteiger partial charge < -0.3 is 0 Å². The van der Waals surface area contributed by atoms with Crippen LogP contribution in [0.3, 0.4) is 0 Å². The van der Waals surface area contributed by atoms with Crippen molar-refractivity contribution in [1.82, 2.24) is 10.5 Å². The monoisotopic (exact) mass is 207 g/mol. The van der Waals surface area contributed by atoms with Crippen LogP contribution in [0.5, 0.6) is 0 Å². The number of alkyl halides is 5. The molecule has 0 aromatic rings. The molecular formula is C4H3F6N3. The first-order valence-corrected chi connectivity index (χ1v) is 2.95. The summed E-state index contributed by atoms with van der Waals surface area (Å²) in [7, 11) is 0. The summed E-state index contributed by atoms with van der Waals surface area (Å²) in [5.41, 5.74) is 1.66. The number of hydrogen-bond acceptors (Lipinski definition) is 3. The van der Waals surface area contributed by atoms with Crippen molar-refractivity contribution >= 4 is 5.84 Å². The van der Waals surface area contributed by atoms with Crippen molar-refractivity contribution in [3.63, 3.8) is 0 Å². The summed E-state index contributed by atoms with van der Waals surface area (Å²) >= 11 is 0. The van der Waals surface area contributed by atoms with Crippen molar-refractivity contribution in [1.29, 1.82) is 0 Å². The summed E-state index contributed by atoms with van der Waals surface area (Å²) in [5, 5.41) is 1.70. The lowest BCUT2D eigenvalue weighted by molar-refractivity contribution is -0.254. The molecule has 1 heterocycles. The third-order valence-electron chi connectivity index (χ3n) is 1.26. The zero-order chi connectivity index (χ0) is 10.3. The molecule has 1 aliphatic rings. The Morgan fingerprint density at radius 3 is 2.08 bits per heavy atom. The van der Waals surface area contributed by atoms with Gasteiger partial charge in [0.1, 0.15) is 6.67 Å². The summed E-state index contributed by atoms with van der Waals surface area (Å²) in [4.78, 5) is 0. The molecule has 13 heavy (non-hydrogen) atoms. The van der Waals surface area contributed by atoms with Crippen molar-refractivity contribution in [2.24, 2.45) is 5.10 Å². The van der Waals surface area contributed by atoms with Crippen LogP contribution >= 0.6 is 0 Å². The second-order valence-corrected chi connectivity index (χ2v) is 2.19. The quantitative estimate of drug-likeness (QED) is 0.517. The predicted octanol–water partition coefficient (Wildman–Crippen LogP) is 1.24. The zero-order valence-electron chi connectivity index (χ0n) is 5.87. The topological polar surface area (TPSA) is 27.6 Å². The Balaban J connectivity index is 2.93. The minimum Gasteiger partial charge on any atom is -0.286 e. The summed E-state index contributed by atoms with van der Waals surface area (Å²) in [5.74, 6) is -7.24. The normalized spacial score (nSPS) is 18.6. The molecular weight excluding hydrogens is 204 g/mol. The van der Waals surface area contributed by atoms with Crippen LogP contribution in [0.4, 0.5) is 26.4 Å². The molecule has 0 aliphatic carbocycles.